The number of rotatable bonds is 4. The molecule has 1 unspecified atom stereocenters. The molecule has 20 heavy (non-hydrogen) atoms. The zero-order valence-corrected chi connectivity index (χ0v) is 13.2. The van der Waals surface area contributed by atoms with Gasteiger partial charge < -0.3 is 4.74 Å². The van der Waals surface area contributed by atoms with Gasteiger partial charge in [-0.15, -0.1) is 11.3 Å². The summed E-state index contributed by atoms with van der Waals surface area (Å²) >= 11 is 1.81. The van der Waals surface area contributed by atoms with Crippen LogP contribution < -0.4 is 0 Å². The molecule has 0 bridgehead atoms. The van der Waals surface area contributed by atoms with E-state index >= 15 is 0 Å². The number of fused-ring (bicyclic) bond motifs is 1. The molecule has 1 aromatic carbocycles. The van der Waals surface area contributed by atoms with Crippen molar-refractivity contribution < 1.29 is 4.74 Å². The number of hydrogen-bond acceptors (Lipinski definition) is 3. The van der Waals surface area contributed by atoms with Crippen molar-refractivity contribution in [2.45, 2.75) is 33.1 Å². The molecule has 0 saturated carbocycles. The average molecular weight is 287 g/mol. The Morgan fingerprint density at radius 1 is 1.30 bits per heavy atom. The van der Waals surface area contributed by atoms with Crippen LogP contribution in [-0.4, -0.2) is 18.7 Å². The summed E-state index contributed by atoms with van der Waals surface area (Å²) in [4.78, 5) is 5.90. The zero-order chi connectivity index (χ0) is 14.2. The number of nitrogens with zero attached hydrogens (tertiary/aromatic N) is 1. The summed E-state index contributed by atoms with van der Waals surface area (Å²) in [6, 6.07) is 6.82. The number of thiazole rings is 1. The van der Waals surface area contributed by atoms with E-state index in [9.17, 15) is 0 Å². The second kappa shape index (κ2) is 5.30. The minimum absolute atomic E-state index is 0.257. The van der Waals surface area contributed by atoms with Crippen molar-refractivity contribution in [3.8, 4) is 10.6 Å². The van der Waals surface area contributed by atoms with Crippen molar-refractivity contribution in [3.05, 3.63) is 40.4 Å². The van der Waals surface area contributed by atoms with Gasteiger partial charge in [-0.05, 0) is 41.9 Å². The molecule has 2 nitrogen and oxygen atoms in total. The molecule has 2 aromatic rings. The fourth-order valence-corrected chi connectivity index (χ4v) is 3.98. The van der Waals surface area contributed by atoms with E-state index in [0.29, 0.717) is 0 Å². The first-order valence-corrected chi connectivity index (χ1v) is 8.01. The molecule has 3 rings (SSSR count). The zero-order valence-electron chi connectivity index (χ0n) is 12.4. The molecule has 0 fully saturated rings. The number of ether oxygens (including phenoxy) is 1. The SMILES string of the molecule is CCc1cnc(-c2ccc3c(c2)CC(C)(COC)C3)s1. The fourth-order valence-electron chi connectivity index (χ4n) is 3.13. The van der Waals surface area contributed by atoms with Crippen molar-refractivity contribution in [1.82, 2.24) is 4.98 Å². The van der Waals surface area contributed by atoms with Crippen LogP contribution in [0.2, 0.25) is 0 Å². The van der Waals surface area contributed by atoms with Crippen LogP contribution in [0.1, 0.15) is 29.9 Å². The first-order valence-electron chi connectivity index (χ1n) is 7.19. The van der Waals surface area contributed by atoms with Gasteiger partial charge in [0.25, 0.3) is 0 Å². The van der Waals surface area contributed by atoms with Crippen LogP contribution in [0.4, 0.5) is 0 Å². The smallest absolute Gasteiger partial charge is 0.123 e. The third-order valence-corrected chi connectivity index (χ3v) is 5.27. The fraction of sp³-hybridized carbons (Fsp3) is 0.471. The number of methoxy groups -OCH3 is 1. The molecule has 0 spiro atoms. The molecule has 0 saturated heterocycles. The molecule has 1 aromatic heterocycles. The van der Waals surface area contributed by atoms with E-state index in [1.807, 2.05) is 6.20 Å². The topological polar surface area (TPSA) is 22.1 Å². The predicted molar refractivity (Wildman–Crippen MR) is 84.3 cm³/mol. The normalized spacial score (nSPS) is 21.1. The second-order valence-corrected chi connectivity index (χ2v) is 7.18. The lowest BCUT2D eigenvalue weighted by atomic mass is 9.88. The van der Waals surface area contributed by atoms with Gasteiger partial charge >= 0.3 is 0 Å². The van der Waals surface area contributed by atoms with Crippen molar-refractivity contribution in [2.75, 3.05) is 13.7 Å². The third kappa shape index (κ3) is 2.52. The number of hydrogen-bond donors (Lipinski definition) is 0. The Hall–Kier alpha value is -1.19. The first-order chi connectivity index (χ1) is 9.63. The Morgan fingerprint density at radius 2 is 2.10 bits per heavy atom. The molecular formula is C17H21NOS. The van der Waals surface area contributed by atoms with Gasteiger partial charge in [0.2, 0.25) is 0 Å². The lowest BCUT2D eigenvalue weighted by Gasteiger charge is -2.21. The van der Waals surface area contributed by atoms with E-state index < -0.39 is 0 Å². The van der Waals surface area contributed by atoms with E-state index in [4.69, 9.17) is 4.74 Å². The molecule has 106 valence electrons. The van der Waals surface area contributed by atoms with Crippen LogP contribution in [-0.2, 0) is 24.0 Å². The summed E-state index contributed by atoms with van der Waals surface area (Å²) in [5, 5.41) is 1.14. The highest BCUT2D eigenvalue weighted by Crippen LogP contribution is 2.39. The van der Waals surface area contributed by atoms with Gasteiger partial charge in [-0.3, -0.25) is 0 Å². The molecule has 0 N–H and O–H groups in total. The maximum atomic E-state index is 5.38. The Bertz CT molecular complexity index is 619. The van der Waals surface area contributed by atoms with Gasteiger partial charge in [-0.25, -0.2) is 4.98 Å². The second-order valence-electron chi connectivity index (χ2n) is 6.07. The van der Waals surface area contributed by atoms with E-state index in [0.717, 1.165) is 30.9 Å². The molecule has 0 aliphatic heterocycles. The predicted octanol–water partition coefficient (Wildman–Crippen LogP) is 4.12. The number of benzene rings is 1. The summed E-state index contributed by atoms with van der Waals surface area (Å²) in [6.45, 7) is 5.32. The van der Waals surface area contributed by atoms with Gasteiger partial charge in [0.15, 0.2) is 0 Å². The molecule has 3 heteroatoms. The number of aromatic nitrogens is 1. The van der Waals surface area contributed by atoms with Crippen molar-refractivity contribution >= 4 is 11.3 Å². The minimum atomic E-state index is 0.257. The van der Waals surface area contributed by atoms with E-state index in [1.165, 1.54) is 21.6 Å². The highest BCUT2D eigenvalue weighted by atomic mass is 32.1. The first kappa shape index (κ1) is 13.8. The molecule has 1 heterocycles. The largest absolute Gasteiger partial charge is 0.384 e. The van der Waals surface area contributed by atoms with E-state index in [1.54, 1.807) is 18.4 Å². The van der Waals surface area contributed by atoms with Crippen LogP contribution in [0, 0.1) is 5.41 Å². The lowest BCUT2D eigenvalue weighted by molar-refractivity contribution is 0.0990. The van der Waals surface area contributed by atoms with E-state index in [2.05, 4.69) is 37.0 Å². The standard InChI is InChI=1S/C17H21NOS/c1-4-15-10-18-16(20-15)12-5-6-13-8-17(2,11-19-3)9-14(13)7-12/h5-7,10H,4,8-9,11H2,1-3H3. The van der Waals surface area contributed by atoms with Crippen LogP contribution in [0.3, 0.4) is 0 Å². The van der Waals surface area contributed by atoms with E-state index in [-0.39, 0.29) is 5.41 Å². The Balaban J connectivity index is 1.89. The van der Waals surface area contributed by atoms with Gasteiger partial charge in [0.05, 0.1) is 6.61 Å². The van der Waals surface area contributed by atoms with Crippen molar-refractivity contribution in [1.29, 1.82) is 0 Å². The summed E-state index contributed by atoms with van der Waals surface area (Å²) < 4.78 is 5.38. The summed E-state index contributed by atoms with van der Waals surface area (Å²) in [7, 11) is 1.79. The average Bonchev–Trinajstić information content (AvgIpc) is 3.01. The summed E-state index contributed by atoms with van der Waals surface area (Å²) in [6.07, 6.45) is 5.29. The van der Waals surface area contributed by atoms with Crippen LogP contribution >= 0.6 is 11.3 Å². The van der Waals surface area contributed by atoms with Crippen LogP contribution in [0.15, 0.2) is 24.4 Å². The van der Waals surface area contributed by atoms with Gasteiger partial charge in [-0.2, -0.15) is 0 Å². The molecule has 0 radical (unpaired) electrons. The van der Waals surface area contributed by atoms with Crippen molar-refractivity contribution in [2.24, 2.45) is 5.41 Å². The minimum Gasteiger partial charge on any atom is -0.384 e. The molecular weight excluding hydrogens is 266 g/mol. The summed E-state index contributed by atoms with van der Waals surface area (Å²) in [5.41, 5.74) is 4.46. The highest BCUT2D eigenvalue weighted by molar-refractivity contribution is 7.15. The monoisotopic (exact) mass is 287 g/mol. The Morgan fingerprint density at radius 3 is 2.80 bits per heavy atom. The lowest BCUT2D eigenvalue weighted by Crippen LogP contribution is -2.22. The maximum absolute atomic E-state index is 5.38. The summed E-state index contributed by atoms with van der Waals surface area (Å²) in [5.74, 6) is 0. The Kier molecular flexibility index (Phi) is 3.65. The quantitative estimate of drug-likeness (QED) is 0.843. The number of aryl methyl sites for hydroxylation is 1. The molecule has 1 aliphatic carbocycles. The highest BCUT2D eigenvalue weighted by Gasteiger charge is 2.33. The Labute approximate surface area is 124 Å². The van der Waals surface area contributed by atoms with Crippen molar-refractivity contribution in [3.63, 3.8) is 0 Å². The van der Waals surface area contributed by atoms with Gasteiger partial charge in [-0.1, -0.05) is 26.0 Å². The molecule has 1 atom stereocenters. The van der Waals surface area contributed by atoms with Crippen LogP contribution in [0.25, 0.3) is 10.6 Å². The van der Waals surface area contributed by atoms with Gasteiger partial charge in [0.1, 0.15) is 5.01 Å². The van der Waals surface area contributed by atoms with Crippen LogP contribution in [0.5, 0.6) is 0 Å². The molecule has 0 amide bonds. The van der Waals surface area contributed by atoms with Gasteiger partial charge in [0, 0.05) is 23.7 Å². The maximum Gasteiger partial charge on any atom is 0.123 e. The molecule has 1 aliphatic rings. The third-order valence-electron chi connectivity index (χ3n) is 4.08.